The van der Waals surface area contributed by atoms with E-state index < -0.39 is 28.0 Å². The molecule has 1 aromatic carbocycles. The molecule has 0 spiro atoms. The number of pyridine rings is 1. The molecule has 0 unspecified atom stereocenters. The Labute approximate surface area is 157 Å². The van der Waals surface area contributed by atoms with Gasteiger partial charge in [0.2, 0.25) is 10.0 Å². The van der Waals surface area contributed by atoms with Crippen LogP contribution in [0.15, 0.2) is 29.2 Å². The summed E-state index contributed by atoms with van der Waals surface area (Å²) in [7, 11) is -4.06. The second-order valence-corrected chi connectivity index (χ2v) is 8.13. The van der Waals surface area contributed by atoms with Gasteiger partial charge in [-0.15, -0.1) is 0 Å². The van der Waals surface area contributed by atoms with E-state index in [0.717, 1.165) is 18.2 Å². The summed E-state index contributed by atoms with van der Waals surface area (Å²) in [5, 5.41) is 10.0. The van der Waals surface area contributed by atoms with Gasteiger partial charge in [0.25, 0.3) is 0 Å². The summed E-state index contributed by atoms with van der Waals surface area (Å²) in [6, 6.07) is 3.44. The topological polar surface area (TPSA) is 88.5 Å². The molecule has 2 heterocycles. The van der Waals surface area contributed by atoms with Gasteiger partial charge in [0, 0.05) is 11.6 Å². The monoisotopic (exact) mass is 426 g/mol. The van der Waals surface area contributed by atoms with Gasteiger partial charge in [-0.3, -0.25) is 0 Å². The van der Waals surface area contributed by atoms with E-state index in [0.29, 0.717) is 0 Å². The van der Waals surface area contributed by atoms with Gasteiger partial charge >= 0.3 is 0 Å². The molecule has 2 atom stereocenters. The Hall–Kier alpha value is -1.16. The number of nitrogens with zero attached hydrogens (tertiary/aromatic N) is 1. The number of nitrogens with one attached hydrogen (secondary N) is 1. The molecule has 0 fully saturated rings. The number of sulfonamides is 1. The lowest BCUT2D eigenvalue weighted by atomic mass is 10.00. The van der Waals surface area contributed by atoms with Crippen molar-refractivity contribution in [3.05, 3.63) is 51.0 Å². The van der Waals surface area contributed by atoms with Crippen LogP contribution in [0, 0.1) is 5.82 Å². The number of hydrogen-bond acceptors (Lipinski definition) is 5. The van der Waals surface area contributed by atoms with Crippen molar-refractivity contribution < 1.29 is 22.7 Å². The van der Waals surface area contributed by atoms with Crippen LogP contribution in [0.1, 0.15) is 11.7 Å². The summed E-state index contributed by atoms with van der Waals surface area (Å²) in [5.74, 6) is -0.604. The molecule has 25 heavy (non-hydrogen) atoms. The van der Waals surface area contributed by atoms with Crippen molar-refractivity contribution in [2.24, 2.45) is 0 Å². The number of fused-ring (bicyclic) bond motifs is 1. The third-order valence-corrected chi connectivity index (χ3v) is 5.67. The molecule has 0 bridgehead atoms. The van der Waals surface area contributed by atoms with Crippen molar-refractivity contribution in [2.45, 2.75) is 17.0 Å². The highest BCUT2D eigenvalue weighted by Crippen LogP contribution is 2.36. The van der Waals surface area contributed by atoms with Crippen LogP contribution in [-0.4, -0.2) is 31.2 Å². The highest BCUT2D eigenvalue weighted by Gasteiger charge is 2.34. The fraction of sp³-hybridized carbons (Fsp3) is 0.214. The quantitative estimate of drug-likeness (QED) is 0.735. The first-order valence-electron chi connectivity index (χ1n) is 6.82. The number of rotatable bonds is 3. The van der Waals surface area contributed by atoms with Gasteiger partial charge in [-0.2, -0.15) is 0 Å². The molecular weight excluding hydrogens is 418 g/mol. The largest absolute Gasteiger partial charge is 0.491 e. The molecule has 134 valence electrons. The lowest BCUT2D eigenvalue weighted by Gasteiger charge is -2.30. The molecule has 2 aromatic rings. The van der Waals surface area contributed by atoms with Crippen LogP contribution in [-0.2, 0) is 10.0 Å². The Bertz CT molecular complexity index is 922. The van der Waals surface area contributed by atoms with Crippen molar-refractivity contribution in [1.82, 2.24) is 9.71 Å². The fourth-order valence-corrected chi connectivity index (χ4v) is 4.38. The summed E-state index contributed by atoms with van der Waals surface area (Å²) in [4.78, 5) is 3.46. The van der Waals surface area contributed by atoms with E-state index in [4.69, 9.17) is 39.5 Å². The Kier molecular flexibility index (Phi) is 5.11. The first-order valence-corrected chi connectivity index (χ1v) is 9.44. The standard InChI is InChI=1S/C14H10Cl3FN2O4S/c15-8-3-7-11(4-9(8)18)24-5-10(14(7)21)20-25(22,23)6-1-12(16)19-13(17)2-6/h1-4,10,14,20-21H,5H2/t10-,14+/m1/s1. The average Bonchev–Trinajstić information content (AvgIpc) is 2.51. The van der Waals surface area contributed by atoms with Gasteiger partial charge < -0.3 is 9.84 Å². The second-order valence-electron chi connectivity index (χ2n) is 5.24. The van der Waals surface area contributed by atoms with Crippen molar-refractivity contribution in [3.63, 3.8) is 0 Å². The molecule has 2 N–H and O–H groups in total. The van der Waals surface area contributed by atoms with E-state index in [2.05, 4.69) is 9.71 Å². The minimum Gasteiger partial charge on any atom is -0.491 e. The molecule has 11 heteroatoms. The van der Waals surface area contributed by atoms with Gasteiger partial charge in [0.1, 0.15) is 34.6 Å². The van der Waals surface area contributed by atoms with Crippen LogP contribution in [0.2, 0.25) is 15.3 Å². The number of ether oxygens (including phenoxy) is 1. The molecule has 0 aliphatic carbocycles. The molecular formula is C14H10Cl3FN2O4S. The van der Waals surface area contributed by atoms with Gasteiger partial charge in [-0.25, -0.2) is 22.5 Å². The zero-order valence-corrected chi connectivity index (χ0v) is 15.3. The molecule has 0 saturated heterocycles. The fourth-order valence-electron chi connectivity index (χ4n) is 2.35. The number of aromatic nitrogens is 1. The summed E-state index contributed by atoms with van der Waals surface area (Å²) in [6.07, 6.45) is -1.29. The molecule has 1 aliphatic rings. The van der Waals surface area contributed by atoms with Crippen molar-refractivity contribution in [1.29, 1.82) is 0 Å². The smallest absolute Gasteiger partial charge is 0.241 e. The molecule has 0 radical (unpaired) electrons. The van der Waals surface area contributed by atoms with Gasteiger partial charge in [-0.05, 0) is 18.2 Å². The normalized spacial score (nSPS) is 20.0. The van der Waals surface area contributed by atoms with Gasteiger partial charge in [0.05, 0.1) is 16.0 Å². The zero-order chi connectivity index (χ0) is 18.4. The maximum Gasteiger partial charge on any atom is 0.241 e. The highest BCUT2D eigenvalue weighted by atomic mass is 35.5. The van der Waals surface area contributed by atoms with Crippen molar-refractivity contribution in [2.75, 3.05) is 6.61 Å². The maximum atomic E-state index is 13.5. The lowest BCUT2D eigenvalue weighted by molar-refractivity contribution is 0.0837. The van der Waals surface area contributed by atoms with Crippen LogP contribution in [0.3, 0.4) is 0 Å². The SMILES string of the molecule is O=S(=O)(N[C@@H]1COc2cc(F)c(Cl)cc2[C@@H]1O)c1cc(Cl)nc(Cl)c1. The lowest BCUT2D eigenvalue weighted by Crippen LogP contribution is -2.45. The number of aliphatic hydroxyl groups excluding tert-OH is 1. The minimum atomic E-state index is -4.06. The first kappa shape index (κ1) is 18.6. The van der Waals surface area contributed by atoms with E-state index >= 15 is 0 Å². The summed E-state index contributed by atoms with van der Waals surface area (Å²) in [6.45, 7) is -0.207. The zero-order valence-electron chi connectivity index (χ0n) is 12.2. The molecule has 6 nitrogen and oxygen atoms in total. The number of benzene rings is 1. The minimum absolute atomic E-state index is 0.0964. The predicted molar refractivity (Wildman–Crippen MR) is 90.2 cm³/mol. The molecule has 0 saturated carbocycles. The molecule has 1 aliphatic heterocycles. The molecule has 0 amide bonds. The van der Waals surface area contributed by atoms with E-state index in [9.17, 15) is 17.9 Å². The molecule has 1 aromatic heterocycles. The number of aliphatic hydroxyl groups is 1. The Morgan fingerprint density at radius 2 is 1.84 bits per heavy atom. The van der Waals surface area contributed by atoms with Crippen LogP contribution in [0.4, 0.5) is 4.39 Å². The number of hydrogen-bond donors (Lipinski definition) is 2. The summed E-state index contributed by atoms with van der Waals surface area (Å²) in [5.41, 5.74) is 0.177. The third kappa shape index (κ3) is 3.84. The summed E-state index contributed by atoms with van der Waals surface area (Å²) < 4.78 is 46.0. The Morgan fingerprint density at radius 3 is 2.48 bits per heavy atom. The van der Waals surface area contributed by atoms with Crippen LogP contribution >= 0.6 is 34.8 Å². The van der Waals surface area contributed by atoms with E-state index in [1.807, 2.05) is 0 Å². The van der Waals surface area contributed by atoms with E-state index in [1.165, 1.54) is 6.07 Å². The van der Waals surface area contributed by atoms with E-state index in [-0.39, 0.29) is 38.1 Å². The van der Waals surface area contributed by atoms with Gasteiger partial charge in [-0.1, -0.05) is 34.8 Å². The predicted octanol–water partition coefficient (Wildman–Crippen LogP) is 2.95. The second kappa shape index (κ2) is 6.86. The van der Waals surface area contributed by atoms with Gasteiger partial charge in [0.15, 0.2) is 0 Å². The number of halogens is 4. The average molecular weight is 428 g/mol. The first-order chi connectivity index (χ1) is 11.7. The van der Waals surface area contributed by atoms with Crippen LogP contribution < -0.4 is 9.46 Å². The van der Waals surface area contributed by atoms with Crippen LogP contribution in [0.5, 0.6) is 5.75 Å². The maximum absolute atomic E-state index is 13.5. The van der Waals surface area contributed by atoms with E-state index in [1.54, 1.807) is 0 Å². The van der Waals surface area contributed by atoms with Crippen molar-refractivity contribution in [3.8, 4) is 5.75 Å². The highest BCUT2D eigenvalue weighted by molar-refractivity contribution is 7.89. The van der Waals surface area contributed by atoms with Crippen LogP contribution in [0.25, 0.3) is 0 Å². The Morgan fingerprint density at radius 1 is 1.20 bits per heavy atom. The third-order valence-electron chi connectivity index (χ3n) is 3.52. The van der Waals surface area contributed by atoms with Crippen molar-refractivity contribution >= 4 is 44.8 Å². The summed E-state index contributed by atoms with van der Waals surface area (Å²) >= 11 is 17.1. The Balaban J connectivity index is 1.89. The molecule has 3 rings (SSSR count).